The number of aryl methyl sites for hydroxylation is 1. The molecule has 1 aromatic heterocycles. The molecule has 1 aliphatic rings. The van der Waals surface area contributed by atoms with Crippen molar-refractivity contribution < 1.29 is 4.74 Å². The van der Waals surface area contributed by atoms with Crippen molar-refractivity contribution in [2.75, 3.05) is 13.2 Å². The zero-order valence-corrected chi connectivity index (χ0v) is 11.0. The zero-order valence-electron chi connectivity index (χ0n) is 10.2. The first-order valence-corrected chi connectivity index (χ1v) is 6.95. The molecule has 1 fully saturated rings. The highest BCUT2D eigenvalue weighted by Gasteiger charge is 2.16. The van der Waals surface area contributed by atoms with Crippen LogP contribution in [0.4, 0.5) is 0 Å². The second-order valence-electron chi connectivity index (χ2n) is 4.67. The average molecular weight is 239 g/mol. The van der Waals surface area contributed by atoms with Gasteiger partial charge in [-0.1, -0.05) is 0 Å². The molecule has 2 heterocycles. The van der Waals surface area contributed by atoms with Crippen molar-refractivity contribution in [3.05, 3.63) is 21.9 Å². The lowest BCUT2D eigenvalue weighted by Gasteiger charge is -2.26. The molecule has 1 aromatic rings. The number of hydrogen-bond donors (Lipinski definition) is 1. The highest BCUT2D eigenvalue weighted by atomic mass is 32.1. The third-order valence-corrected chi connectivity index (χ3v) is 4.07. The summed E-state index contributed by atoms with van der Waals surface area (Å²) in [4.78, 5) is 2.90. The van der Waals surface area contributed by atoms with E-state index in [1.165, 1.54) is 9.75 Å². The summed E-state index contributed by atoms with van der Waals surface area (Å²) in [5, 5.41) is 3.70. The Morgan fingerprint density at radius 3 is 2.81 bits per heavy atom. The molecule has 0 aliphatic carbocycles. The van der Waals surface area contributed by atoms with Crippen LogP contribution in [-0.2, 0) is 11.2 Å². The van der Waals surface area contributed by atoms with Crippen molar-refractivity contribution in [1.82, 2.24) is 5.32 Å². The Balaban J connectivity index is 1.77. The minimum absolute atomic E-state index is 0.571. The molecule has 16 heavy (non-hydrogen) atoms. The van der Waals surface area contributed by atoms with Crippen molar-refractivity contribution in [1.29, 1.82) is 0 Å². The second-order valence-corrected chi connectivity index (χ2v) is 6.04. The molecular formula is C13H21NOS. The molecule has 1 saturated heterocycles. The van der Waals surface area contributed by atoms with Gasteiger partial charge in [-0.2, -0.15) is 0 Å². The van der Waals surface area contributed by atoms with Crippen LogP contribution >= 0.6 is 11.3 Å². The average Bonchev–Trinajstić information content (AvgIpc) is 2.65. The van der Waals surface area contributed by atoms with E-state index in [9.17, 15) is 0 Å². The van der Waals surface area contributed by atoms with Gasteiger partial charge in [-0.05, 0) is 45.2 Å². The fourth-order valence-electron chi connectivity index (χ4n) is 2.22. The van der Waals surface area contributed by atoms with E-state index in [1.54, 1.807) is 0 Å². The highest BCUT2D eigenvalue weighted by Crippen LogP contribution is 2.17. The smallest absolute Gasteiger partial charge is 0.0480 e. The lowest BCUT2D eigenvalue weighted by atomic mass is 10.1. The quantitative estimate of drug-likeness (QED) is 0.872. The zero-order chi connectivity index (χ0) is 11.4. The Labute approximate surface area is 102 Å². The van der Waals surface area contributed by atoms with Crippen molar-refractivity contribution >= 4 is 11.3 Å². The monoisotopic (exact) mass is 239 g/mol. The van der Waals surface area contributed by atoms with Gasteiger partial charge in [0.1, 0.15) is 0 Å². The molecule has 1 unspecified atom stereocenters. The molecule has 0 bridgehead atoms. The van der Waals surface area contributed by atoms with Gasteiger partial charge in [0.05, 0.1) is 0 Å². The van der Waals surface area contributed by atoms with Gasteiger partial charge in [-0.25, -0.2) is 0 Å². The molecule has 1 aliphatic heterocycles. The van der Waals surface area contributed by atoms with E-state index in [2.05, 4.69) is 31.3 Å². The summed E-state index contributed by atoms with van der Waals surface area (Å²) in [5.74, 6) is 0. The molecule has 0 aromatic carbocycles. The van der Waals surface area contributed by atoms with E-state index in [0.29, 0.717) is 12.1 Å². The molecule has 2 rings (SSSR count). The van der Waals surface area contributed by atoms with E-state index >= 15 is 0 Å². The maximum Gasteiger partial charge on any atom is 0.0480 e. The number of rotatable bonds is 4. The SMILES string of the molecule is Cc1ccc(CC(C)NC2CCOCC2)s1. The van der Waals surface area contributed by atoms with Gasteiger partial charge in [-0.15, -0.1) is 11.3 Å². The Kier molecular flexibility index (Phi) is 4.38. The van der Waals surface area contributed by atoms with E-state index < -0.39 is 0 Å². The van der Waals surface area contributed by atoms with Crippen LogP contribution in [-0.4, -0.2) is 25.3 Å². The van der Waals surface area contributed by atoms with Gasteiger partial charge < -0.3 is 10.1 Å². The van der Waals surface area contributed by atoms with Crippen LogP contribution in [0.2, 0.25) is 0 Å². The van der Waals surface area contributed by atoms with E-state index in [4.69, 9.17) is 4.74 Å². The van der Waals surface area contributed by atoms with Crippen LogP contribution in [0.3, 0.4) is 0 Å². The lowest BCUT2D eigenvalue weighted by Crippen LogP contribution is -2.41. The Hall–Kier alpha value is -0.380. The minimum Gasteiger partial charge on any atom is -0.381 e. The standard InChI is InChI=1S/C13H21NOS/c1-10(9-13-4-3-11(2)16-13)14-12-5-7-15-8-6-12/h3-4,10,12,14H,5-9H2,1-2H3. The molecule has 0 amide bonds. The van der Waals surface area contributed by atoms with Crippen LogP contribution < -0.4 is 5.32 Å². The number of ether oxygens (including phenoxy) is 1. The molecule has 90 valence electrons. The van der Waals surface area contributed by atoms with Gasteiger partial charge in [-0.3, -0.25) is 0 Å². The van der Waals surface area contributed by atoms with Crippen LogP contribution in [0, 0.1) is 6.92 Å². The molecule has 0 radical (unpaired) electrons. The van der Waals surface area contributed by atoms with Crippen molar-refractivity contribution in [3.8, 4) is 0 Å². The summed E-state index contributed by atoms with van der Waals surface area (Å²) in [7, 11) is 0. The largest absolute Gasteiger partial charge is 0.381 e. The normalized spacial score (nSPS) is 19.9. The molecule has 3 heteroatoms. The Morgan fingerprint density at radius 1 is 1.44 bits per heavy atom. The molecular weight excluding hydrogens is 218 g/mol. The van der Waals surface area contributed by atoms with E-state index in [-0.39, 0.29) is 0 Å². The third-order valence-electron chi connectivity index (χ3n) is 3.04. The van der Waals surface area contributed by atoms with E-state index in [0.717, 1.165) is 32.5 Å². The maximum absolute atomic E-state index is 5.36. The van der Waals surface area contributed by atoms with Gasteiger partial charge in [0.25, 0.3) is 0 Å². The summed E-state index contributed by atoms with van der Waals surface area (Å²) < 4.78 is 5.36. The number of hydrogen-bond acceptors (Lipinski definition) is 3. The van der Waals surface area contributed by atoms with Crippen LogP contribution in [0.1, 0.15) is 29.5 Å². The highest BCUT2D eigenvalue weighted by molar-refractivity contribution is 7.11. The first kappa shape index (κ1) is 12.1. The van der Waals surface area contributed by atoms with Gasteiger partial charge in [0.15, 0.2) is 0 Å². The summed E-state index contributed by atoms with van der Waals surface area (Å²) in [5.41, 5.74) is 0. The molecule has 1 N–H and O–H groups in total. The summed E-state index contributed by atoms with van der Waals surface area (Å²) in [6, 6.07) is 5.69. The van der Waals surface area contributed by atoms with Crippen LogP contribution in [0.15, 0.2) is 12.1 Å². The van der Waals surface area contributed by atoms with Crippen molar-refractivity contribution in [2.45, 2.75) is 45.2 Å². The molecule has 1 atom stereocenters. The van der Waals surface area contributed by atoms with Crippen LogP contribution in [0.25, 0.3) is 0 Å². The summed E-state index contributed by atoms with van der Waals surface area (Å²) >= 11 is 1.91. The fourth-order valence-corrected chi connectivity index (χ4v) is 3.24. The predicted molar refractivity (Wildman–Crippen MR) is 69.2 cm³/mol. The van der Waals surface area contributed by atoms with Gasteiger partial charge in [0.2, 0.25) is 0 Å². The summed E-state index contributed by atoms with van der Waals surface area (Å²) in [6.45, 7) is 6.29. The van der Waals surface area contributed by atoms with Gasteiger partial charge >= 0.3 is 0 Å². The Bertz CT molecular complexity index is 317. The first-order valence-electron chi connectivity index (χ1n) is 6.13. The van der Waals surface area contributed by atoms with Crippen LogP contribution in [0.5, 0.6) is 0 Å². The number of nitrogens with one attached hydrogen (secondary N) is 1. The Morgan fingerprint density at radius 2 is 2.19 bits per heavy atom. The van der Waals surface area contributed by atoms with E-state index in [1.807, 2.05) is 11.3 Å². The minimum atomic E-state index is 0.571. The first-order chi connectivity index (χ1) is 7.74. The maximum atomic E-state index is 5.36. The molecule has 2 nitrogen and oxygen atoms in total. The van der Waals surface area contributed by atoms with Crippen molar-refractivity contribution in [2.24, 2.45) is 0 Å². The second kappa shape index (κ2) is 5.80. The topological polar surface area (TPSA) is 21.3 Å². The lowest BCUT2D eigenvalue weighted by molar-refractivity contribution is 0.0755. The van der Waals surface area contributed by atoms with Crippen molar-refractivity contribution in [3.63, 3.8) is 0 Å². The fraction of sp³-hybridized carbons (Fsp3) is 0.692. The molecule has 0 spiro atoms. The number of thiophene rings is 1. The summed E-state index contributed by atoms with van der Waals surface area (Å²) in [6.07, 6.45) is 3.47. The predicted octanol–water partition coefficient (Wildman–Crippen LogP) is 2.76. The third kappa shape index (κ3) is 3.58. The van der Waals surface area contributed by atoms with Gasteiger partial charge in [0, 0.05) is 35.1 Å². The molecule has 0 saturated carbocycles.